The number of aromatic nitrogens is 5. The highest BCUT2D eigenvalue weighted by Gasteiger charge is 2.27. The van der Waals surface area contributed by atoms with Crippen LogP contribution >= 0.6 is 0 Å². The average molecular weight is 525 g/mol. The maximum absolute atomic E-state index is 14.3. The quantitative estimate of drug-likeness (QED) is 0.238. The van der Waals surface area contributed by atoms with Gasteiger partial charge in [-0.1, -0.05) is 12.1 Å². The van der Waals surface area contributed by atoms with Crippen LogP contribution in [0.4, 0.5) is 15.8 Å². The minimum atomic E-state index is -1.66. The molecule has 0 saturated carbocycles. The molecule has 1 amide bonds. The second-order valence-corrected chi connectivity index (χ2v) is 9.50. The number of nitrogens with zero attached hydrogens (tertiary/aromatic N) is 5. The summed E-state index contributed by atoms with van der Waals surface area (Å²) in [5.74, 6) is 0.137. The van der Waals surface area contributed by atoms with Crippen molar-refractivity contribution in [2.24, 2.45) is 0 Å². The molecular weight excluding hydrogens is 499 g/mol. The Labute approximate surface area is 223 Å². The van der Waals surface area contributed by atoms with Crippen molar-refractivity contribution in [3.8, 4) is 28.8 Å². The molecule has 0 fully saturated rings. The molecule has 0 bridgehead atoms. The van der Waals surface area contributed by atoms with Gasteiger partial charge in [0.05, 0.1) is 52.1 Å². The fourth-order valence-electron chi connectivity index (χ4n) is 3.98. The monoisotopic (exact) mass is 524 g/mol. The number of halogens is 1. The molecule has 39 heavy (non-hydrogen) atoms. The Morgan fingerprint density at radius 2 is 2.05 bits per heavy atom. The van der Waals surface area contributed by atoms with E-state index in [1.807, 2.05) is 36.4 Å². The molecule has 0 spiro atoms. The Morgan fingerprint density at radius 3 is 2.79 bits per heavy atom. The third-order valence-corrected chi connectivity index (χ3v) is 6.16. The number of rotatable bonds is 8. The van der Waals surface area contributed by atoms with E-state index in [0.717, 1.165) is 5.56 Å². The van der Waals surface area contributed by atoms with E-state index in [2.05, 4.69) is 36.8 Å². The number of nitriles is 1. The van der Waals surface area contributed by atoms with Crippen molar-refractivity contribution in [1.82, 2.24) is 29.9 Å². The van der Waals surface area contributed by atoms with E-state index >= 15 is 0 Å². The minimum Gasteiger partial charge on any atom is -0.387 e. The summed E-state index contributed by atoms with van der Waals surface area (Å²) >= 11 is 0. The molecule has 1 unspecified atom stereocenters. The van der Waals surface area contributed by atoms with Crippen molar-refractivity contribution in [1.29, 1.82) is 5.26 Å². The Kier molecular flexibility index (Phi) is 6.79. The van der Waals surface area contributed by atoms with Crippen LogP contribution in [0.1, 0.15) is 29.8 Å². The SMILES string of the molecule is CC(C)(O)C(F)CNC(=O)c1cnc(-c2ccc3cc(C#N)cnn23)cc1Nc1cccc(-c2ncc[nH]2)c1. The van der Waals surface area contributed by atoms with E-state index in [1.165, 1.54) is 26.2 Å². The standard InChI is InChI=1S/C28H25FN8O2/c1-28(2,39)25(29)16-34-27(38)21-15-33-23(24-7-6-20-10-17(13-30)14-35-37(20)24)12-22(21)36-19-5-3-4-18(11-19)26-31-8-9-32-26/h3-12,14-15,25,39H,16H2,1-2H3,(H,31,32)(H,33,36)(H,34,38). The Morgan fingerprint density at radius 1 is 1.21 bits per heavy atom. The summed E-state index contributed by atoms with van der Waals surface area (Å²) in [6.45, 7) is 2.31. The molecule has 0 saturated heterocycles. The molecule has 0 aliphatic carbocycles. The third kappa shape index (κ3) is 5.46. The second kappa shape index (κ2) is 10.4. The molecular formula is C28H25FN8O2. The lowest BCUT2D eigenvalue weighted by Gasteiger charge is -2.22. The summed E-state index contributed by atoms with van der Waals surface area (Å²) in [5.41, 5.74) is 2.86. The molecule has 196 valence electrons. The zero-order valence-corrected chi connectivity index (χ0v) is 21.2. The van der Waals surface area contributed by atoms with Gasteiger partial charge in [-0.15, -0.1) is 0 Å². The molecule has 4 aromatic heterocycles. The predicted molar refractivity (Wildman–Crippen MR) is 144 cm³/mol. The Balaban J connectivity index is 1.52. The summed E-state index contributed by atoms with van der Waals surface area (Å²) in [7, 11) is 0. The molecule has 1 aromatic carbocycles. The first-order valence-electron chi connectivity index (χ1n) is 12.1. The second-order valence-electron chi connectivity index (χ2n) is 9.50. The van der Waals surface area contributed by atoms with Gasteiger partial charge in [0.15, 0.2) is 0 Å². The lowest BCUT2D eigenvalue weighted by atomic mass is 10.0. The van der Waals surface area contributed by atoms with Gasteiger partial charge in [0.1, 0.15) is 18.1 Å². The smallest absolute Gasteiger partial charge is 0.255 e. The number of carbonyl (C=O) groups excluding carboxylic acids is 1. The van der Waals surface area contributed by atoms with Gasteiger partial charge in [0, 0.05) is 29.8 Å². The van der Waals surface area contributed by atoms with E-state index in [4.69, 9.17) is 0 Å². The van der Waals surface area contributed by atoms with E-state index in [1.54, 1.807) is 29.0 Å². The molecule has 5 aromatic rings. The number of aromatic amines is 1. The van der Waals surface area contributed by atoms with Gasteiger partial charge >= 0.3 is 0 Å². The van der Waals surface area contributed by atoms with Gasteiger partial charge in [-0.3, -0.25) is 9.78 Å². The van der Waals surface area contributed by atoms with Crippen LogP contribution in [0.25, 0.3) is 28.3 Å². The maximum atomic E-state index is 14.3. The fourth-order valence-corrected chi connectivity index (χ4v) is 3.98. The highest BCUT2D eigenvalue weighted by atomic mass is 19.1. The average Bonchev–Trinajstić information content (AvgIpc) is 3.61. The number of amides is 1. The summed E-state index contributed by atoms with van der Waals surface area (Å²) in [6.07, 6.45) is 4.60. The van der Waals surface area contributed by atoms with Crippen LogP contribution in [0.15, 0.2) is 73.3 Å². The van der Waals surface area contributed by atoms with Crippen LogP contribution in [-0.4, -0.2) is 53.9 Å². The number of hydrogen-bond acceptors (Lipinski definition) is 7. The molecule has 11 heteroatoms. The largest absolute Gasteiger partial charge is 0.387 e. The van der Waals surface area contributed by atoms with Crippen molar-refractivity contribution in [2.75, 3.05) is 11.9 Å². The molecule has 5 rings (SSSR count). The van der Waals surface area contributed by atoms with Gasteiger partial charge in [-0.25, -0.2) is 13.9 Å². The number of H-pyrrole nitrogens is 1. The van der Waals surface area contributed by atoms with Crippen LogP contribution < -0.4 is 10.6 Å². The minimum absolute atomic E-state index is 0.186. The van der Waals surface area contributed by atoms with Gasteiger partial charge in [0.2, 0.25) is 0 Å². The molecule has 0 radical (unpaired) electrons. The summed E-state index contributed by atoms with van der Waals surface area (Å²) in [6, 6.07) is 16.6. The van der Waals surface area contributed by atoms with Gasteiger partial charge in [-0.05, 0) is 50.2 Å². The summed E-state index contributed by atoms with van der Waals surface area (Å²) < 4.78 is 16.0. The highest BCUT2D eigenvalue weighted by molar-refractivity contribution is 6.00. The first-order chi connectivity index (χ1) is 18.7. The molecule has 0 aliphatic rings. The first-order valence-corrected chi connectivity index (χ1v) is 12.1. The number of imidazole rings is 1. The number of hydrogen-bond donors (Lipinski definition) is 4. The topological polar surface area (TPSA) is 144 Å². The first kappa shape index (κ1) is 25.6. The molecule has 1 atom stereocenters. The lowest BCUT2D eigenvalue weighted by Crippen LogP contribution is -2.42. The third-order valence-electron chi connectivity index (χ3n) is 6.16. The van der Waals surface area contributed by atoms with E-state index < -0.39 is 17.7 Å². The summed E-state index contributed by atoms with van der Waals surface area (Å²) in [5, 5.41) is 29.3. The number of pyridine rings is 1. The normalized spacial score (nSPS) is 12.2. The van der Waals surface area contributed by atoms with Gasteiger partial charge < -0.3 is 20.7 Å². The number of fused-ring (bicyclic) bond motifs is 1. The Bertz CT molecular complexity index is 1680. The van der Waals surface area contributed by atoms with Crippen molar-refractivity contribution in [3.05, 3.63) is 84.4 Å². The summed E-state index contributed by atoms with van der Waals surface area (Å²) in [4.78, 5) is 25.0. The van der Waals surface area contributed by atoms with Crippen LogP contribution in [0.5, 0.6) is 0 Å². The van der Waals surface area contributed by atoms with E-state index in [0.29, 0.717) is 39.7 Å². The highest BCUT2D eigenvalue weighted by Crippen LogP contribution is 2.29. The maximum Gasteiger partial charge on any atom is 0.255 e. The zero-order valence-electron chi connectivity index (χ0n) is 21.2. The van der Waals surface area contributed by atoms with Crippen molar-refractivity contribution in [2.45, 2.75) is 25.6 Å². The van der Waals surface area contributed by atoms with E-state index in [-0.39, 0.29) is 12.1 Å². The number of aliphatic hydroxyl groups is 1. The van der Waals surface area contributed by atoms with Gasteiger partial charge in [0.25, 0.3) is 5.91 Å². The van der Waals surface area contributed by atoms with Crippen molar-refractivity contribution >= 4 is 22.8 Å². The number of nitrogens with one attached hydrogen (secondary N) is 3. The van der Waals surface area contributed by atoms with Gasteiger partial charge in [-0.2, -0.15) is 10.4 Å². The molecule has 4 N–H and O–H groups in total. The van der Waals surface area contributed by atoms with Crippen LogP contribution in [-0.2, 0) is 0 Å². The van der Waals surface area contributed by atoms with Crippen LogP contribution in [0.3, 0.4) is 0 Å². The van der Waals surface area contributed by atoms with Crippen molar-refractivity contribution < 1.29 is 14.3 Å². The molecule has 4 heterocycles. The number of anilines is 2. The predicted octanol–water partition coefficient (Wildman–Crippen LogP) is 4.24. The molecule has 0 aliphatic heterocycles. The van der Waals surface area contributed by atoms with Crippen molar-refractivity contribution in [3.63, 3.8) is 0 Å². The number of carbonyl (C=O) groups is 1. The zero-order chi connectivity index (χ0) is 27.6. The Hall–Kier alpha value is -5.08. The lowest BCUT2D eigenvalue weighted by molar-refractivity contribution is -0.00177. The number of alkyl halides is 1. The molecule has 10 nitrogen and oxygen atoms in total. The van der Waals surface area contributed by atoms with Crippen LogP contribution in [0.2, 0.25) is 0 Å². The fraction of sp³-hybridized carbons (Fsp3) is 0.179. The van der Waals surface area contributed by atoms with Crippen LogP contribution in [0, 0.1) is 11.3 Å². The van der Waals surface area contributed by atoms with E-state index in [9.17, 15) is 19.6 Å². The number of benzene rings is 1.